The SMILES string of the molecule is O=C(Cc1csc(-c2ccc(C(F)(F)F)cc2)n1)N1CCN(S(=O)(=O)c2ccccc2)CC1. The van der Waals surface area contributed by atoms with Crippen molar-refractivity contribution in [3.8, 4) is 10.6 Å². The number of hydrogen-bond acceptors (Lipinski definition) is 5. The molecule has 0 spiro atoms. The molecule has 2 heterocycles. The van der Waals surface area contributed by atoms with Crippen LogP contribution in [-0.4, -0.2) is 54.7 Å². The smallest absolute Gasteiger partial charge is 0.340 e. The normalized spacial score (nSPS) is 15.5. The fraction of sp³-hybridized carbons (Fsp3) is 0.273. The molecule has 1 saturated heterocycles. The second-order valence-electron chi connectivity index (χ2n) is 7.49. The van der Waals surface area contributed by atoms with Crippen LogP contribution in [0.5, 0.6) is 0 Å². The van der Waals surface area contributed by atoms with Crippen LogP contribution in [0.1, 0.15) is 11.3 Å². The van der Waals surface area contributed by atoms with E-state index in [1.54, 1.807) is 40.6 Å². The zero-order valence-electron chi connectivity index (χ0n) is 17.3. The van der Waals surface area contributed by atoms with Crippen molar-refractivity contribution in [3.05, 3.63) is 71.2 Å². The molecule has 1 amide bonds. The van der Waals surface area contributed by atoms with Crippen molar-refractivity contribution >= 4 is 27.3 Å². The van der Waals surface area contributed by atoms with Gasteiger partial charge in [0.05, 0.1) is 22.6 Å². The summed E-state index contributed by atoms with van der Waals surface area (Å²) in [5.74, 6) is -0.170. The molecule has 3 aromatic rings. The van der Waals surface area contributed by atoms with E-state index in [1.165, 1.54) is 27.8 Å². The van der Waals surface area contributed by atoms with Gasteiger partial charge in [-0.1, -0.05) is 30.3 Å². The second-order valence-corrected chi connectivity index (χ2v) is 10.3. The molecule has 1 aliphatic heterocycles. The summed E-state index contributed by atoms with van der Waals surface area (Å²) in [7, 11) is -3.60. The van der Waals surface area contributed by atoms with Gasteiger partial charge in [-0.25, -0.2) is 13.4 Å². The molecular weight excluding hydrogens is 475 g/mol. The first-order valence-electron chi connectivity index (χ1n) is 10.1. The lowest BCUT2D eigenvalue weighted by atomic mass is 10.1. The number of halogens is 3. The van der Waals surface area contributed by atoms with E-state index < -0.39 is 21.8 Å². The molecule has 0 saturated carbocycles. The van der Waals surface area contributed by atoms with Crippen molar-refractivity contribution in [3.63, 3.8) is 0 Å². The largest absolute Gasteiger partial charge is 0.416 e. The molecule has 0 radical (unpaired) electrons. The zero-order chi connectivity index (χ0) is 23.6. The summed E-state index contributed by atoms with van der Waals surface area (Å²) >= 11 is 1.26. The van der Waals surface area contributed by atoms with Crippen LogP contribution in [0.3, 0.4) is 0 Å². The first-order chi connectivity index (χ1) is 15.6. The molecule has 11 heteroatoms. The number of carbonyl (C=O) groups is 1. The Bertz CT molecular complexity index is 1220. The summed E-state index contributed by atoms with van der Waals surface area (Å²) < 4.78 is 65.0. The second kappa shape index (κ2) is 9.24. The molecule has 1 aromatic heterocycles. The van der Waals surface area contributed by atoms with Gasteiger partial charge in [-0.15, -0.1) is 11.3 Å². The maximum absolute atomic E-state index is 12.7. The standard InChI is InChI=1S/C22H20F3N3O3S2/c23-22(24,25)17-8-6-16(7-9-17)21-26-18(15-32-21)14-20(29)27-10-12-28(13-11-27)33(30,31)19-4-2-1-3-5-19/h1-9,15H,10-14H2. The van der Waals surface area contributed by atoms with Crippen molar-refractivity contribution in [1.29, 1.82) is 0 Å². The number of rotatable bonds is 5. The van der Waals surface area contributed by atoms with Gasteiger partial charge >= 0.3 is 6.18 Å². The lowest BCUT2D eigenvalue weighted by Crippen LogP contribution is -2.50. The number of nitrogens with zero attached hydrogens (tertiary/aromatic N) is 3. The van der Waals surface area contributed by atoms with Gasteiger partial charge in [0.25, 0.3) is 0 Å². The third-order valence-corrected chi connectivity index (χ3v) is 8.17. The first kappa shape index (κ1) is 23.4. The van der Waals surface area contributed by atoms with Gasteiger partial charge in [-0.3, -0.25) is 4.79 Å². The summed E-state index contributed by atoms with van der Waals surface area (Å²) in [6.45, 7) is 0.968. The number of benzene rings is 2. The molecule has 0 unspecified atom stereocenters. The topological polar surface area (TPSA) is 70.6 Å². The van der Waals surface area contributed by atoms with Crippen LogP contribution in [-0.2, 0) is 27.4 Å². The van der Waals surface area contributed by atoms with Gasteiger partial charge in [0, 0.05) is 37.1 Å². The molecule has 2 aromatic carbocycles. The Morgan fingerprint density at radius 3 is 2.21 bits per heavy atom. The molecule has 0 atom stereocenters. The average molecular weight is 496 g/mol. The lowest BCUT2D eigenvalue weighted by Gasteiger charge is -2.34. The van der Waals surface area contributed by atoms with E-state index in [2.05, 4.69) is 4.98 Å². The highest BCUT2D eigenvalue weighted by molar-refractivity contribution is 7.89. The van der Waals surface area contributed by atoms with Crippen LogP contribution in [0.15, 0.2) is 64.9 Å². The number of carbonyl (C=O) groups excluding carboxylic acids is 1. The molecule has 0 N–H and O–H groups in total. The third-order valence-electron chi connectivity index (χ3n) is 5.32. The van der Waals surface area contributed by atoms with E-state index in [4.69, 9.17) is 0 Å². The van der Waals surface area contributed by atoms with Crippen molar-refractivity contribution < 1.29 is 26.4 Å². The highest BCUT2D eigenvalue weighted by Crippen LogP contribution is 2.32. The number of hydrogen-bond donors (Lipinski definition) is 0. The Morgan fingerprint density at radius 1 is 0.970 bits per heavy atom. The average Bonchev–Trinajstić information content (AvgIpc) is 3.27. The van der Waals surface area contributed by atoms with Crippen LogP contribution < -0.4 is 0 Å². The fourth-order valence-corrected chi connectivity index (χ4v) is 5.78. The molecule has 174 valence electrons. The van der Waals surface area contributed by atoms with Gasteiger partial charge in [0.1, 0.15) is 5.01 Å². The van der Waals surface area contributed by atoms with Gasteiger partial charge in [0.15, 0.2) is 0 Å². The molecule has 33 heavy (non-hydrogen) atoms. The summed E-state index contributed by atoms with van der Waals surface area (Å²) in [4.78, 5) is 18.9. The van der Waals surface area contributed by atoms with E-state index in [0.717, 1.165) is 12.1 Å². The van der Waals surface area contributed by atoms with Crippen molar-refractivity contribution in [2.75, 3.05) is 26.2 Å². The van der Waals surface area contributed by atoms with Crippen LogP contribution >= 0.6 is 11.3 Å². The Balaban J connectivity index is 1.35. The Hall–Kier alpha value is -2.76. The summed E-state index contributed by atoms with van der Waals surface area (Å²) in [6.07, 6.45) is -4.36. The first-order valence-corrected chi connectivity index (χ1v) is 12.4. The molecule has 0 aliphatic carbocycles. The summed E-state index contributed by atoms with van der Waals surface area (Å²) in [5, 5.41) is 2.24. The number of alkyl halides is 3. The van der Waals surface area contributed by atoms with Crippen LogP contribution in [0.2, 0.25) is 0 Å². The van der Waals surface area contributed by atoms with E-state index in [1.807, 2.05) is 0 Å². The van der Waals surface area contributed by atoms with E-state index in [0.29, 0.717) is 16.3 Å². The fourth-order valence-electron chi connectivity index (χ4n) is 3.51. The highest BCUT2D eigenvalue weighted by Gasteiger charge is 2.31. The van der Waals surface area contributed by atoms with E-state index >= 15 is 0 Å². The minimum atomic E-state index is -4.40. The predicted octanol–water partition coefficient (Wildman–Crippen LogP) is 3.90. The number of aromatic nitrogens is 1. The predicted molar refractivity (Wildman–Crippen MR) is 118 cm³/mol. The zero-order valence-corrected chi connectivity index (χ0v) is 19.0. The lowest BCUT2D eigenvalue weighted by molar-refractivity contribution is -0.137. The maximum atomic E-state index is 12.7. The quantitative estimate of drug-likeness (QED) is 0.538. The number of piperazine rings is 1. The minimum absolute atomic E-state index is 0.0442. The third kappa shape index (κ3) is 5.26. The van der Waals surface area contributed by atoms with E-state index in [-0.39, 0.29) is 43.4 Å². The summed E-state index contributed by atoms with van der Waals surface area (Å²) in [5.41, 5.74) is 0.345. The molecular formula is C22H20F3N3O3S2. The van der Waals surface area contributed by atoms with Gasteiger partial charge in [-0.05, 0) is 24.3 Å². The van der Waals surface area contributed by atoms with Gasteiger partial charge in [-0.2, -0.15) is 17.5 Å². The number of thiazole rings is 1. The molecule has 6 nitrogen and oxygen atoms in total. The Kier molecular flexibility index (Phi) is 6.55. The molecule has 0 bridgehead atoms. The van der Waals surface area contributed by atoms with Crippen LogP contribution in [0.25, 0.3) is 10.6 Å². The number of amides is 1. The molecule has 1 fully saturated rings. The Labute approximate surface area is 193 Å². The molecule has 4 rings (SSSR count). The van der Waals surface area contributed by atoms with Gasteiger partial charge < -0.3 is 4.90 Å². The van der Waals surface area contributed by atoms with E-state index in [9.17, 15) is 26.4 Å². The van der Waals surface area contributed by atoms with Gasteiger partial charge in [0.2, 0.25) is 15.9 Å². The van der Waals surface area contributed by atoms with Crippen molar-refractivity contribution in [2.45, 2.75) is 17.5 Å². The summed E-state index contributed by atoms with van der Waals surface area (Å²) in [6, 6.07) is 12.9. The maximum Gasteiger partial charge on any atom is 0.416 e. The molecule has 1 aliphatic rings. The Morgan fingerprint density at radius 2 is 1.61 bits per heavy atom. The van der Waals surface area contributed by atoms with Crippen LogP contribution in [0, 0.1) is 0 Å². The minimum Gasteiger partial charge on any atom is -0.340 e. The van der Waals surface area contributed by atoms with Crippen molar-refractivity contribution in [1.82, 2.24) is 14.2 Å². The monoisotopic (exact) mass is 495 g/mol. The highest BCUT2D eigenvalue weighted by atomic mass is 32.2. The van der Waals surface area contributed by atoms with Crippen LogP contribution in [0.4, 0.5) is 13.2 Å². The number of sulfonamides is 1. The van der Waals surface area contributed by atoms with Crippen molar-refractivity contribution in [2.24, 2.45) is 0 Å².